The first kappa shape index (κ1) is 21.8. The van der Waals surface area contributed by atoms with Crippen molar-refractivity contribution in [3.63, 3.8) is 0 Å². The van der Waals surface area contributed by atoms with Gasteiger partial charge in [-0.1, -0.05) is 24.3 Å². The van der Waals surface area contributed by atoms with Gasteiger partial charge in [0.25, 0.3) is 0 Å². The topological polar surface area (TPSA) is 136 Å². The molecule has 1 amide bonds. The van der Waals surface area contributed by atoms with E-state index in [1.807, 2.05) is 29.0 Å². The molecule has 0 aliphatic rings. The van der Waals surface area contributed by atoms with Crippen molar-refractivity contribution >= 4 is 27.6 Å². The minimum atomic E-state index is -3.67. The zero-order valence-corrected chi connectivity index (χ0v) is 15.7. The highest BCUT2D eigenvalue weighted by atomic mass is 32.2. The molecule has 26 heavy (non-hydrogen) atoms. The van der Waals surface area contributed by atoms with Gasteiger partial charge in [0.1, 0.15) is 6.04 Å². The van der Waals surface area contributed by atoms with Gasteiger partial charge in [-0.05, 0) is 37.3 Å². The molecule has 0 fully saturated rings. The minimum Gasteiger partial charge on any atom is -0.480 e. The van der Waals surface area contributed by atoms with Gasteiger partial charge in [0.15, 0.2) is 0 Å². The van der Waals surface area contributed by atoms with Crippen LogP contribution in [0.25, 0.3) is 0 Å². The van der Waals surface area contributed by atoms with E-state index in [4.69, 9.17) is 10.5 Å². The Morgan fingerprint density at radius 3 is 2.31 bits per heavy atom. The van der Waals surface area contributed by atoms with E-state index >= 15 is 0 Å². The summed E-state index contributed by atoms with van der Waals surface area (Å²) >= 11 is 0. The van der Waals surface area contributed by atoms with Gasteiger partial charge in [-0.15, -0.1) is 0 Å². The number of carbonyl (C=O) groups excluding carboxylic acids is 1. The first-order chi connectivity index (χ1) is 12.1. The maximum absolute atomic E-state index is 11.8. The molecule has 4 N–H and O–H groups in total. The summed E-state index contributed by atoms with van der Waals surface area (Å²) in [6, 6.07) is 6.32. The van der Waals surface area contributed by atoms with Crippen LogP contribution in [0.2, 0.25) is 0 Å². The third-order valence-corrected chi connectivity index (χ3v) is 4.38. The summed E-state index contributed by atoms with van der Waals surface area (Å²) in [4.78, 5) is 22.7. The van der Waals surface area contributed by atoms with E-state index in [0.29, 0.717) is 12.1 Å². The lowest BCUT2D eigenvalue weighted by Gasteiger charge is -2.13. The van der Waals surface area contributed by atoms with E-state index in [1.54, 1.807) is 6.92 Å². The van der Waals surface area contributed by atoms with Gasteiger partial charge in [-0.25, -0.2) is 8.42 Å². The molecule has 0 aliphatic carbocycles. The lowest BCUT2D eigenvalue weighted by molar-refractivity contribution is -0.138. The number of aliphatic carboxylic acids is 1. The summed E-state index contributed by atoms with van der Waals surface area (Å²) in [5.74, 6) is -1.67. The second kappa shape index (κ2) is 10.0. The fourth-order valence-electron chi connectivity index (χ4n) is 2.28. The molecular formula is C17H25N3O5S. The summed E-state index contributed by atoms with van der Waals surface area (Å²) < 4.78 is 24.1. The molecule has 0 aromatic heterocycles. The second-order valence-corrected chi connectivity index (χ2v) is 7.89. The number of amides is 1. The Morgan fingerprint density at radius 2 is 1.81 bits per heavy atom. The van der Waals surface area contributed by atoms with Crippen molar-refractivity contribution in [2.45, 2.75) is 38.6 Å². The van der Waals surface area contributed by atoms with Crippen LogP contribution in [0.4, 0.5) is 0 Å². The standard InChI is InChI=1S/C17H25N3O5S/c1-12(18)14-9-7-13(8-10-14)5-3-4-6-16(21)19-11-15(17(22)23)20-26(2,24)25/h7-10,15,18,20H,3-6,11H2,1-2H3,(H,19,21)(H,22,23). The molecule has 9 heteroatoms. The van der Waals surface area contributed by atoms with Crippen molar-refractivity contribution in [2.24, 2.45) is 0 Å². The third kappa shape index (κ3) is 8.72. The van der Waals surface area contributed by atoms with E-state index in [1.165, 1.54) is 0 Å². The zero-order chi connectivity index (χ0) is 19.7. The molecule has 0 saturated heterocycles. The fourth-order valence-corrected chi connectivity index (χ4v) is 2.98. The number of carboxylic acid groups (broad SMARTS) is 1. The number of unbranched alkanes of at least 4 members (excludes halogenated alkanes) is 1. The predicted molar refractivity (Wildman–Crippen MR) is 98.9 cm³/mol. The molecule has 0 bridgehead atoms. The summed E-state index contributed by atoms with van der Waals surface area (Å²) in [6.07, 6.45) is 3.33. The number of hydrogen-bond acceptors (Lipinski definition) is 5. The van der Waals surface area contributed by atoms with Crippen LogP contribution in [0, 0.1) is 5.41 Å². The molecule has 0 aliphatic heterocycles. The van der Waals surface area contributed by atoms with Crippen LogP contribution < -0.4 is 10.0 Å². The van der Waals surface area contributed by atoms with Crippen LogP contribution in [0.5, 0.6) is 0 Å². The van der Waals surface area contributed by atoms with Gasteiger partial charge in [0, 0.05) is 18.7 Å². The Bertz CT molecular complexity index is 744. The van der Waals surface area contributed by atoms with Gasteiger partial charge < -0.3 is 15.8 Å². The summed E-state index contributed by atoms with van der Waals surface area (Å²) in [6.45, 7) is 1.43. The number of carboxylic acids is 1. The monoisotopic (exact) mass is 383 g/mol. The second-order valence-electron chi connectivity index (χ2n) is 6.11. The SMILES string of the molecule is CC(=N)c1ccc(CCCCC(=O)NCC(NS(C)(=O)=O)C(=O)O)cc1. The molecule has 0 heterocycles. The first-order valence-corrected chi connectivity index (χ1v) is 10.1. The molecule has 1 unspecified atom stereocenters. The van der Waals surface area contributed by atoms with Gasteiger partial charge in [-0.3, -0.25) is 9.59 Å². The van der Waals surface area contributed by atoms with Crippen LogP contribution in [0.15, 0.2) is 24.3 Å². The van der Waals surface area contributed by atoms with E-state index in [0.717, 1.165) is 30.2 Å². The van der Waals surface area contributed by atoms with Crippen LogP contribution in [0.3, 0.4) is 0 Å². The Morgan fingerprint density at radius 1 is 1.19 bits per heavy atom. The number of aryl methyl sites for hydroxylation is 1. The Labute approximate surface area is 153 Å². The third-order valence-electron chi connectivity index (χ3n) is 3.66. The van der Waals surface area contributed by atoms with Crippen LogP contribution in [-0.2, 0) is 26.0 Å². The maximum atomic E-state index is 11.8. The van der Waals surface area contributed by atoms with Crippen molar-refractivity contribution in [1.29, 1.82) is 5.41 Å². The molecule has 1 rings (SSSR count). The molecule has 0 radical (unpaired) electrons. The molecule has 0 saturated carbocycles. The lowest BCUT2D eigenvalue weighted by atomic mass is 10.0. The van der Waals surface area contributed by atoms with Crippen molar-refractivity contribution in [1.82, 2.24) is 10.0 Å². The minimum absolute atomic E-state index is 0.239. The van der Waals surface area contributed by atoms with E-state index in [2.05, 4.69) is 5.32 Å². The molecular weight excluding hydrogens is 358 g/mol. The Hall–Kier alpha value is -2.26. The molecule has 8 nitrogen and oxygen atoms in total. The smallest absolute Gasteiger partial charge is 0.323 e. The molecule has 144 valence electrons. The average molecular weight is 383 g/mol. The number of rotatable bonds is 11. The summed E-state index contributed by atoms with van der Waals surface area (Å²) in [5.41, 5.74) is 2.51. The Kier molecular flexibility index (Phi) is 8.40. The number of hydrogen-bond donors (Lipinski definition) is 4. The van der Waals surface area contributed by atoms with Crippen LogP contribution in [-0.4, -0.2) is 50.0 Å². The van der Waals surface area contributed by atoms with Crippen molar-refractivity contribution < 1.29 is 23.1 Å². The van der Waals surface area contributed by atoms with E-state index in [-0.39, 0.29) is 18.9 Å². The first-order valence-electron chi connectivity index (χ1n) is 8.20. The highest BCUT2D eigenvalue weighted by Gasteiger charge is 2.21. The average Bonchev–Trinajstić information content (AvgIpc) is 2.54. The van der Waals surface area contributed by atoms with Gasteiger partial charge in [0.05, 0.1) is 6.26 Å². The van der Waals surface area contributed by atoms with Gasteiger partial charge in [-0.2, -0.15) is 4.72 Å². The largest absolute Gasteiger partial charge is 0.480 e. The highest BCUT2D eigenvalue weighted by molar-refractivity contribution is 7.88. The summed E-state index contributed by atoms with van der Waals surface area (Å²) in [5, 5.41) is 18.9. The van der Waals surface area contributed by atoms with Crippen molar-refractivity contribution in [3.05, 3.63) is 35.4 Å². The van der Waals surface area contributed by atoms with E-state index < -0.39 is 22.0 Å². The normalized spacial score (nSPS) is 12.4. The lowest BCUT2D eigenvalue weighted by Crippen LogP contribution is -2.48. The zero-order valence-electron chi connectivity index (χ0n) is 14.9. The van der Waals surface area contributed by atoms with E-state index in [9.17, 15) is 18.0 Å². The highest BCUT2D eigenvalue weighted by Crippen LogP contribution is 2.09. The van der Waals surface area contributed by atoms with Crippen LogP contribution >= 0.6 is 0 Å². The summed E-state index contributed by atoms with van der Waals surface area (Å²) in [7, 11) is -3.67. The number of sulfonamides is 1. The predicted octanol–water partition coefficient (Wildman–Crippen LogP) is 0.906. The van der Waals surface area contributed by atoms with Gasteiger partial charge in [0.2, 0.25) is 15.9 Å². The molecule has 1 atom stereocenters. The van der Waals surface area contributed by atoms with Crippen molar-refractivity contribution in [3.8, 4) is 0 Å². The fraction of sp³-hybridized carbons (Fsp3) is 0.471. The maximum Gasteiger partial charge on any atom is 0.323 e. The number of benzene rings is 1. The molecule has 1 aromatic rings. The molecule has 0 spiro atoms. The van der Waals surface area contributed by atoms with Gasteiger partial charge >= 0.3 is 5.97 Å². The number of nitrogens with one attached hydrogen (secondary N) is 3. The van der Waals surface area contributed by atoms with Crippen LogP contribution in [0.1, 0.15) is 37.3 Å². The van der Waals surface area contributed by atoms with Crippen molar-refractivity contribution in [2.75, 3.05) is 12.8 Å². The number of carbonyl (C=O) groups is 2. The quantitative estimate of drug-likeness (QED) is 0.332. The molecule has 1 aromatic carbocycles. The Balaban J connectivity index is 2.31.